The van der Waals surface area contributed by atoms with Crippen LogP contribution in [-0.4, -0.2) is 23.0 Å². The fourth-order valence-electron chi connectivity index (χ4n) is 2.21. The van der Waals surface area contributed by atoms with Gasteiger partial charge in [0.15, 0.2) is 5.17 Å². The molecule has 120 valence electrons. The SMILES string of the molecule is Cc1ccc(N=C2S/C(=C/C=C/c3ccccc3)C(=O)N2C)cc1. The molecule has 1 aliphatic rings. The van der Waals surface area contributed by atoms with Gasteiger partial charge in [-0.25, -0.2) is 4.99 Å². The summed E-state index contributed by atoms with van der Waals surface area (Å²) in [6.45, 7) is 2.04. The molecule has 0 aliphatic carbocycles. The number of hydrogen-bond acceptors (Lipinski definition) is 3. The summed E-state index contributed by atoms with van der Waals surface area (Å²) in [4.78, 5) is 19.2. The smallest absolute Gasteiger partial charge is 0.266 e. The topological polar surface area (TPSA) is 32.7 Å². The number of thioether (sulfide) groups is 1. The van der Waals surface area contributed by atoms with E-state index in [1.165, 1.54) is 17.3 Å². The molecule has 3 rings (SSSR count). The highest BCUT2D eigenvalue weighted by molar-refractivity contribution is 8.18. The predicted molar refractivity (Wildman–Crippen MR) is 102 cm³/mol. The number of aryl methyl sites for hydroxylation is 1. The molecule has 2 aromatic rings. The van der Waals surface area contributed by atoms with E-state index in [2.05, 4.69) is 4.99 Å². The van der Waals surface area contributed by atoms with Crippen molar-refractivity contribution >= 4 is 34.6 Å². The Morgan fingerprint density at radius 3 is 2.46 bits per heavy atom. The molecule has 0 radical (unpaired) electrons. The summed E-state index contributed by atoms with van der Waals surface area (Å²) in [5.74, 6) is -0.0245. The zero-order valence-electron chi connectivity index (χ0n) is 13.6. The Labute approximate surface area is 146 Å². The van der Waals surface area contributed by atoms with Gasteiger partial charge in [0.05, 0.1) is 10.6 Å². The Hall–Kier alpha value is -2.59. The second-order valence-corrected chi connectivity index (χ2v) is 6.51. The minimum atomic E-state index is -0.0245. The average molecular weight is 334 g/mol. The molecule has 0 aromatic heterocycles. The van der Waals surface area contributed by atoms with E-state index < -0.39 is 0 Å². The molecule has 24 heavy (non-hydrogen) atoms. The molecular formula is C20H18N2OS. The van der Waals surface area contributed by atoms with Crippen molar-refractivity contribution in [3.63, 3.8) is 0 Å². The van der Waals surface area contributed by atoms with Gasteiger partial charge in [-0.15, -0.1) is 0 Å². The number of benzene rings is 2. The van der Waals surface area contributed by atoms with Crippen molar-refractivity contribution in [1.29, 1.82) is 0 Å². The Balaban J connectivity index is 1.77. The van der Waals surface area contributed by atoms with Crippen molar-refractivity contribution < 1.29 is 4.79 Å². The van der Waals surface area contributed by atoms with Crippen molar-refractivity contribution in [2.24, 2.45) is 4.99 Å². The highest BCUT2D eigenvalue weighted by Crippen LogP contribution is 2.31. The van der Waals surface area contributed by atoms with Gasteiger partial charge in [0.1, 0.15) is 0 Å². The van der Waals surface area contributed by atoms with Crippen LogP contribution in [0.1, 0.15) is 11.1 Å². The van der Waals surface area contributed by atoms with E-state index in [4.69, 9.17) is 0 Å². The van der Waals surface area contributed by atoms with E-state index >= 15 is 0 Å². The number of nitrogens with zero attached hydrogens (tertiary/aromatic N) is 2. The van der Waals surface area contributed by atoms with Crippen LogP contribution in [0.15, 0.2) is 76.6 Å². The molecule has 0 N–H and O–H groups in total. The third kappa shape index (κ3) is 3.84. The lowest BCUT2D eigenvalue weighted by Crippen LogP contribution is -2.23. The minimum Gasteiger partial charge on any atom is -0.290 e. The Morgan fingerprint density at radius 1 is 1.04 bits per heavy atom. The van der Waals surface area contributed by atoms with Crippen LogP contribution >= 0.6 is 11.8 Å². The number of allylic oxidation sites excluding steroid dienone is 2. The van der Waals surface area contributed by atoms with Gasteiger partial charge in [0.2, 0.25) is 0 Å². The first-order valence-electron chi connectivity index (χ1n) is 7.68. The second-order valence-electron chi connectivity index (χ2n) is 5.50. The molecule has 1 fully saturated rings. The van der Waals surface area contributed by atoms with Gasteiger partial charge in [-0.05, 0) is 42.5 Å². The fourth-order valence-corrected chi connectivity index (χ4v) is 3.14. The number of rotatable bonds is 3. The maximum absolute atomic E-state index is 12.3. The molecule has 0 bridgehead atoms. The molecule has 2 aromatic carbocycles. The van der Waals surface area contributed by atoms with Crippen LogP contribution in [0.3, 0.4) is 0 Å². The number of likely N-dealkylation sites (N-methyl/N-ethyl adjacent to an activating group) is 1. The number of carbonyl (C=O) groups excluding carboxylic acids is 1. The third-order valence-corrected chi connectivity index (χ3v) is 4.68. The Morgan fingerprint density at radius 2 is 1.75 bits per heavy atom. The molecule has 3 nitrogen and oxygen atoms in total. The average Bonchev–Trinajstić information content (AvgIpc) is 2.86. The molecule has 1 heterocycles. The largest absolute Gasteiger partial charge is 0.290 e. The third-order valence-electron chi connectivity index (χ3n) is 3.60. The van der Waals surface area contributed by atoms with Crippen molar-refractivity contribution in [3.05, 3.63) is 82.8 Å². The summed E-state index contributed by atoms with van der Waals surface area (Å²) >= 11 is 1.40. The van der Waals surface area contributed by atoms with Gasteiger partial charge in [0, 0.05) is 7.05 Å². The van der Waals surface area contributed by atoms with Crippen molar-refractivity contribution in [1.82, 2.24) is 4.90 Å². The maximum atomic E-state index is 12.3. The zero-order valence-corrected chi connectivity index (χ0v) is 14.5. The number of amides is 1. The van der Waals surface area contributed by atoms with Crippen LogP contribution in [0.25, 0.3) is 6.08 Å². The zero-order chi connectivity index (χ0) is 16.9. The van der Waals surface area contributed by atoms with Crippen LogP contribution < -0.4 is 0 Å². The van der Waals surface area contributed by atoms with Crippen LogP contribution in [-0.2, 0) is 4.79 Å². The monoisotopic (exact) mass is 334 g/mol. The quantitative estimate of drug-likeness (QED) is 0.756. The lowest BCUT2D eigenvalue weighted by atomic mass is 10.2. The first-order chi connectivity index (χ1) is 11.6. The predicted octanol–water partition coefficient (Wildman–Crippen LogP) is 4.79. The van der Waals surface area contributed by atoms with Crippen LogP contribution in [0.5, 0.6) is 0 Å². The van der Waals surface area contributed by atoms with Gasteiger partial charge >= 0.3 is 0 Å². The summed E-state index contributed by atoms with van der Waals surface area (Å²) in [6.07, 6.45) is 5.72. The van der Waals surface area contributed by atoms with Gasteiger partial charge in [-0.1, -0.05) is 60.2 Å². The molecule has 0 spiro atoms. The van der Waals surface area contributed by atoms with E-state index in [-0.39, 0.29) is 5.91 Å². The lowest BCUT2D eigenvalue weighted by molar-refractivity contribution is -0.121. The first-order valence-corrected chi connectivity index (χ1v) is 8.50. The number of carbonyl (C=O) groups is 1. The fraction of sp³-hybridized carbons (Fsp3) is 0.100. The normalized spacial score (nSPS) is 18.2. The number of amidine groups is 1. The standard InChI is InChI=1S/C20H18N2OS/c1-15-11-13-17(14-12-15)21-20-22(2)19(23)18(24-20)10-6-9-16-7-4-3-5-8-16/h3-14H,1-2H3/b9-6+,18-10+,21-20?. The van der Waals surface area contributed by atoms with Crippen LogP contribution in [0.2, 0.25) is 0 Å². The van der Waals surface area contributed by atoms with Gasteiger partial charge in [0.25, 0.3) is 5.91 Å². The first kappa shape index (κ1) is 16.3. The van der Waals surface area contributed by atoms with E-state index in [0.29, 0.717) is 10.1 Å². The molecule has 1 amide bonds. The summed E-state index contributed by atoms with van der Waals surface area (Å²) in [5, 5.41) is 0.697. The molecule has 0 unspecified atom stereocenters. The maximum Gasteiger partial charge on any atom is 0.266 e. The van der Waals surface area contributed by atoms with E-state index in [1.54, 1.807) is 11.9 Å². The van der Waals surface area contributed by atoms with E-state index in [0.717, 1.165) is 11.3 Å². The number of hydrogen-bond donors (Lipinski definition) is 0. The van der Waals surface area contributed by atoms with Gasteiger partial charge in [-0.3, -0.25) is 9.69 Å². The molecule has 4 heteroatoms. The van der Waals surface area contributed by atoms with Gasteiger partial charge < -0.3 is 0 Å². The van der Waals surface area contributed by atoms with E-state index in [9.17, 15) is 4.79 Å². The van der Waals surface area contributed by atoms with Crippen LogP contribution in [0, 0.1) is 6.92 Å². The highest BCUT2D eigenvalue weighted by atomic mass is 32.2. The summed E-state index contributed by atoms with van der Waals surface area (Å²) < 4.78 is 0. The summed E-state index contributed by atoms with van der Waals surface area (Å²) in [6, 6.07) is 17.9. The summed E-state index contributed by atoms with van der Waals surface area (Å²) in [7, 11) is 1.75. The van der Waals surface area contributed by atoms with E-state index in [1.807, 2.05) is 79.7 Å². The lowest BCUT2D eigenvalue weighted by Gasteiger charge is -2.07. The summed E-state index contributed by atoms with van der Waals surface area (Å²) in [5.41, 5.74) is 3.14. The molecule has 0 atom stereocenters. The number of aliphatic imine (C=N–C) groups is 1. The highest BCUT2D eigenvalue weighted by Gasteiger charge is 2.29. The van der Waals surface area contributed by atoms with Crippen molar-refractivity contribution in [2.75, 3.05) is 7.05 Å². The minimum absolute atomic E-state index is 0.0245. The van der Waals surface area contributed by atoms with Gasteiger partial charge in [-0.2, -0.15) is 0 Å². The molecule has 0 saturated carbocycles. The second kappa shape index (κ2) is 7.32. The molecular weight excluding hydrogens is 316 g/mol. The Kier molecular flexibility index (Phi) is 4.96. The van der Waals surface area contributed by atoms with Crippen molar-refractivity contribution in [2.45, 2.75) is 6.92 Å². The van der Waals surface area contributed by atoms with Crippen LogP contribution in [0.4, 0.5) is 5.69 Å². The molecule has 1 aliphatic heterocycles. The Bertz CT molecular complexity index is 820. The van der Waals surface area contributed by atoms with Crippen molar-refractivity contribution in [3.8, 4) is 0 Å². The molecule has 1 saturated heterocycles.